The lowest BCUT2D eigenvalue weighted by atomic mass is 10.1. The van der Waals surface area contributed by atoms with E-state index in [1.165, 1.54) is 16.7 Å². The molecule has 0 spiro atoms. The summed E-state index contributed by atoms with van der Waals surface area (Å²) < 4.78 is -0.416. The van der Waals surface area contributed by atoms with Gasteiger partial charge in [0, 0.05) is 5.54 Å². The van der Waals surface area contributed by atoms with Crippen LogP contribution in [-0.2, 0) is 0 Å². The maximum Gasteiger partial charge on any atom is 0.128 e. The van der Waals surface area contributed by atoms with Gasteiger partial charge in [-0.1, -0.05) is 23.3 Å². The van der Waals surface area contributed by atoms with Crippen LogP contribution < -0.4 is 5.32 Å². The second-order valence-corrected chi connectivity index (χ2v) is 11.4. The first-order valence-corrected chi connectivity index (χ1v) is 9.88. The summed E-state index contributed by atoms with van der Waals surface area (Å²) >= 11 is 13.5. The molecule has 1 aliphatic heterocycles. The van der Waals surface area contributed by atoms with Crippen molar-refractivity contribution in [2.24, 2.45) is 5.92 Å². The Morgan fingerprint density at radius 1 is 1.20 bits per heavy atom. The molecule has 1 aliphatic carbocycles. The number of hydrogen-bond acceptors (Lipinski definition) is 1. The van der Waals surface area contributed by atoms with Crippen LogP contribution in [0.25, 0.3) is 0 Å². The molecule has 0 amide bonds. The minimum Gasteiger partial charge on any atom is -0.296 e. The average Bonchev–Trinajstić information content (AvgIpc) is 2.50. The molecule has 20 heavy (non-hydrogen) atoms. The highest BCUT2D eigenvalue weighted by molar-refractivity contribution is 6.84. The van der Waals surface area contributed by atoms with Crippen LogP contribution in [-0.4, -0.2) is 24.3 Å². The van der Waals surface area contributed by atoms with E-state index in [0.29, 0.717) is 5.92 Å². The monoisotopic (exact) mass is 330 g/mol. The van der Waals surface area contributed by atoms with Gasteiger partial charge in [0.1, 0.15) is 13.4 Å². The van der Waals surface area contributed by atoms with E-state index >= 15 is 0 Å². The van der Waals surface area contributed by atoms with Crippen molar-refractivity contribution >= 4 is 32.0 Å². The van der Waals surface area contributed by atoms with Gasteiger partial charge in [0.15, 0.2) is 0 Å². The van der Waals surface area contributed by atoms with Crippen molar-refractivity contribution in [3.05, 3.63) is 21.9 Å². The molecule has 113 valence electrons. The first-order valence-electron chi connectivity index (χ1n) is 7.36. The number of hydrogen-bond donors (Lipinski definition) is 1. The Labute approximate surface area is 135 Å². The molecule has 0 bridgehead atoms. The zero-order valence-corrected chi connectivity index (χ0v) is 16.1. The van der Waals surface area contributed by atoms with Gasteiger partial charge in [0.05, 0.1) is 5.38 Å². The largest absolute Gasteiger partial charge is 0.296 e. The Hall–Kier alpha value is 0.237. The van der Waals surface area contributed by atoms with E-state index in [0.717, 1.165) is 6.04 Å². The maximum absolute atomic E-state index is 6.96. The van der Waals surface area contributed by atoms with Gasteiger partial charge in [-0.05, 0) is 59.1 Å². The molecule has 1 N–H and O–H groups in total. The third-order valence-corrected chi connectivity index (χ3v) is 10.5. The Morgan fingerprint density at radius 3 is 2.10 bits per heavy atom. The lowest BCUT2D eigenvalue weighted by molar-refractivity contribution is 0.360. The molecular formula is C16H26Cl2NSi. The van der Waals surface area contributed by atoms with Gasteiger partial charge < -0.3 is 0 Å². The van der Waals surface area contributed by atoms with Crippen LogP contribution in [0.15, 0.2) is 21.9 Å². The second-order valence-electron chi connectivity index (χ2n) is 7.31. The molecule has 1 saturated heterocycles. The highest BCUT2D eigenvalue weighted by Gasteiger charge is 2.58. The number of allylic oxidation sites excluding steroid dienone is 4. The zero-order valence-electron chi connectivity index (χ0n) is 13.6. The summed E-state index contributed by atoms with van der Waals surface area (Å²) in [5, 5.41) is 5.23. The van der Waals surface area contributed by atoms with E-state index in [4.69, 9.17) is 23.2 Å². The molecule has 0 saturated carbocycles. The van der Waals surface area contributed by atoms with E-state index in [2.05, 4.69) is 53.8 Å². The van der Waals surface area contributed by atoms with Gasteiger partial charge in [-0.15, -0.1) is 23.2 Å². The fourth-order valence-electron chi connectivity index (χ4n) is 3.38. The first-order chi connectivity index (χ1) is 8.99. The van der Waals surface area contributed by atoms with Crippen LogP contribution in [0.2, 0.25) is 6.04 Å². The topological polar surface area (TPSA) is 12.0 Å². The molecule has 3 atom stereocenters. The van der Waals surface area contributed by atoms with Gasteiger partial charge in [0.25, 0.3) is 0 Å². The molecule has 2 rings (SSSR count). The van der Waals surface area contributed by atoms with Crippen molar-refractivity contribution in [2.45, 2.75) is 70.0 Å². The fourth-order valence-corrected chi connectivity index (χ4v) is 8.92. The molecule has 1 fully saturated rings. The second kappa shape index (κ2) is 5.15. The molecule has 3 unspecified atom stereocenters. The summed E-state index contributed by atoms with van der Waals surface area (Å²) in [7, 11) is -0.846. The SMILES string of the molecule is CC1=C(C)C(C)C([Si]2CC(Cl)C2(Cl)NC(C)(C)C)=C1C. The zero-order chi connectivity index (χ0) is 15.5. The molecule has 2 aliphatic rings. The number of alkyl halides is 2. The smallest absolute Gasteiger partial charge is 0.128 e. The molecular weight excluding hydrogens is 305 g/mol. The summed E-state index contributed by atoms with van der Waals surface area (Å²) in [4.78, 5) is 0. The van der Waals surface area contributed by atoms with Crippen LogP contribution >= 0.6 is 23.2 Å². The molecule has 0 aromatic rings. The highest BCUT2D eigenvalue weighted by Crippen LogP contribution is 2.50. The predicted molar refractivity (Wildman–Crippen MR) is 91.9 cm³/mol. The van der Waals surface area contributed by atoms with Gasteiger partial charge in [-0.2, -0.15) is 0 Å². The normalized spacial score (nSPS) is 35.9. The number of halogens is 2. The quantitative estimate of drug-likeness (QED) is 0.435. The molecule has 1 heterocycles. The van der Waals surface area contributed by atoms with Crippen LogP contribution in [0, 0.1) is 5.92 Å². The third kappa shape index (κ3) is 2.53. The Morgan fingerprint density at radius 2 is 1.75 bits per heavy atom. The predicted octanol–water partition coefficient (Wildman–Crippen LogP) is 4.81. The van der Waals surface area contributed by atoms with E-state index in [-0.39, 0.29) is 10.9 Å². The average molecular weight is 331 g/mol. The van der Waals surface area contributed by atoms with Crippen molar-refractivity contribution < 1.29 is 0 Å². The van der Waals surface area contributed by atoms with Crippen LogP contribution in [0.3, 0.4) is 0 Å². The van der Waals surface area contributed by atoms with Crippen LogP contribution in [0.1, 0.15) is 48.5 Å². The summed E-state index contributed by atoms with van der Waals surface area (Å²) in [5.41, 5.74) is 4.41. The minimum atomic E-state index is -0.846. The summed E-state index contributed by atoms with van der Waals surface area (Å²) in [6.07, 6.45) is 0. The van der Waals surface area contributed by atoms with Crippen molar-refractivity contribution in [2.75, 3.05) is 0 Å². The van der Waals surface area contributed by atoms with Gasteiger partial charge >= 0.3 is 0 Å². The van der Waals surface area contributed by atoms with Crippen molar-refractivity contribution in [1.82, 2.24) is 5.32 Å². The van der Waals surface area contributed by atoms with Crippen LogP contribution in [0.5, 0.6) is 0 Å². The summed E-state index contributed by atoms with van der Waals surface area (Å²) in [6.45, 7) is 15.5. The minimum absolute atomic E-state index is 0.0148. The Kier molecular flexibility index (Phi) is 4.28. The molecule has 1 radical (unpaired) electrons. The van der Waals surface area contributed by atoms with Crippen molar-refractivity contribution in [3.8, 4) is 0 Å². The molecule has 1 nitrogen and oxygen atoms in total. The first kappa shape index (κ1) is 16.6. The Balaban J connectivity index is 2.32. The van der Waals surface area contributed by atoms with E-state index in [1.54, 1.807) is 5.20 Å². The molecule has 4 heteroatoms. The standard InChI is InChI=1S/C16H26Cl2NSi/c1-9-10(2)12(4)14(11(9)3)20-8-13(17)16(20,18)19-15(5,6)7/h11,13,19H,8H2,1-7H3. The van der Waals surface area contributed by atoms with E-state index in [1.807, 2.05) is 0 Å². The Bertz CT molecular complexity index is 489. The van der Waals surface area contributed by atoms with Gasteiger partial charge in [0.2, 0.25) is 0 Å². The van der Waals surface area contributed by atoms with Gasteiger partial charge in [-0.3, -0.25) is 5.32 Å². The fraction of sp³-hybridized carbons (Fsp3) is 0.750. The van der Waals surface area contributed by atoms with Crippen LogP contribution in [0.4, 0.5) is 0 Å². The molecule has 0 aromatic heterocycles. The van der Waals surface area contributed by atoms with E-state index < -0.39 is 13.4 Å². The van der Waals surface area contributed by atoms with Crippen molar-refractivity contribution in [1.29, 1.82) is 0 Å². The van der Waals surface area contributed by atoms with Crippen molar-refractivity contribution in [3.63, 3.8) is 0 Å². The summed E-state index contributed by atoms with van der Waals surface area (Å²) in [5.74, 6) is 0.535. The number of rotatable bonds is 2. The molecule has 0 aromatic carbocycles. The highest BCUT2D eigenvalue weighted by atomic mass is 35.5. The van der Waals surface area contributed by atoms with E-state index in [9.17, 15) is 0 Å². The number of nitrogens with one attached hydrogen (secondary N) is 1. The lowest BCUT2D eigenvalue weighted by Crippen LogP contribution is -2.72. The maximum atomic E-state index is 6.96. The third-order valence-electron chi connectivity index (χ3n) is 4.78. The summed E-state index contributed by atoms with van der Waals surface area (Å²) in [6, 6.07) is 1.07. The lowest BCUT2D eigenvalue weighted by Gasteiger charge is -2.53. The van der Waals surface area contributed by atoms with Gasteiger partial charge in [-0.25, -0.2) is 0 Å².